The maximum Gasteiger partial charge on any atom is 0.205 e. The molecule has 2 atom stereocenters. The predicted molar refractivity (Wildman–Crippen MR) is 99.3 cm³/mol. The molecule has 2 aromatic rings. The van der Waals surface area contributed by atoms with Crippen molar-refractivity contribution >= 4 is 5.90 Å². The van der Waals surface area contributed by atoms with Gasteiger partial charge >= 0.3 is 0 Å². The van der Waals surface area contributed by atoms with Crippen molar-refractivity contribution in [1.82, 2.24) is 0 Å². The van der Waals surface area contributed by atoms with Crippen LogP contribution in [0.15, 0.2) is 36.4 Å². The number of benzene rings is 2. The van der Waals surface area contributed by atoms with Crippen LogP contribution in [0.5, 0.6) is 23.0 Å². The summed E-state index contributed by atoms with van der Waals surface area (Å²) in [5.74, 6) is 2.44. The van der Waals surface area contributed by atoms with E-state index < -0.39 is 11.8 Å². The Balaban J connectivity index is 2.10. The molecule has 2 aromatic carbocycles. The molecule has 0 radical (unpaired) electrons. The lowest BCUT2D eigenvalue weighted by atomic mass is 9.79. The topological polar surface area (TPSA) is 95.6 Å². The smallest absolute Gasteiger partial charge is 0.205 e. The zero-order chi connectivity index (χ0) is 19.4. The zero-order valence-corrected chi connectivity index (χ0v) is 14.7. The number of terminal acetylenes is 1. The highest BCUT2D eigenvalue weighted by molar-refractivity contribution is 5.85. The Morgan fingerprint density at radius 2 is 2.04 bits per heavy atom. The first-order valence-corrected chi connectivity index (χ1v) is 8.40. The number of nitrogens with zero attached hydrogens (tertiary/aromatic N) is 1. The third-order valence-electron chi connectivity index (χ3n) is 4.24. The Kier molecular flexibility index (Phi) is 5.19. The highest BCUT2D eigenvalue weighted by atomic mass is 16.5. The van der Waals surface area contributed by atoms with Gasteiger partial charge in [0.05, 0.1) is 12.7 Å². The molecule has 1 aliphatic rings. The molecular weight excluding hydrogens is 344 g/mol. The number of phenolic OH excluding ortho intramolecular Hbond substituents is 1. The largest absolute Gasteiger partial charge is 0.508 e. The summed E-state index contributed by atoms with van der Waals surface area (Å²) in [4.78, 5) is 0. The molecule has 1 aliphatic heterocycles. The van der Waals surface area contributed by atoms with Crippen LogP contribution in [0.4, 0.5) is 0 Å². The van der Waals surface area contributed by atoms with Crippen LogP contribution in [0.25, 0.3) is 0 Å². The summed E-state index contributed by atoms with van der Waals surface area (Å²) in [5, 5.41) is 27.4. The van der Waals surface area contributed by atoms with E-state index in [1.54, 1.807) is 18.2 Å². The number of hydrogen-bond donors (Lipinski definition) is 2. The fraction of sp³-hybridized carbons (Fsp3) is 0.238. The van der Waals surface area contributed by atoms with E-state index in [0.717, 1.165) is 11.1 Å². The van der Waals surface area contributed by atoms with Crippen LogP contribution in [-0.4, -0.2) is 24.2 Å². The molecule has 6 heteroatoms. The molecule has 0 aliphatic carbocycles. The van der Waals surface area contributed by atoms with Crippen molar-refractivity contribution in [1.29, 1.82) is 10.7 Å². The van der Waals surface area contributed by atoms with Crippen molar-refractivity contribution in [3.63, 3.8) is 0 Å². The molecule has 136 valence electrons. The Morgan fingerprint density at radius 1 is 1.22 bits per heavy atom. The number of fused-ring (bicyclic) bond motifs is 1. The van der Waals surface area contributed by atoms with Gasteiger partial charge in [-0.25, -0.2) is 0 Å². The van der Waals surface area contributed by atoms with E-state index in [4.69, 9.17) is 26.0 Å². The standard InChI is InChI=1S/C21H18N2O4/c1-3-9-26-17-8-5-13(10-19(17)25-4-2)20-15-7-6-14(24)11-18(15)27-21(23)16(20)12-22/h1,5-8,10-11,16,20,23-24H,4,9H2,2H3. The minimum Gasteiger partial charge on any atom is -0.508 e. The molecule has 0 bridgehead atoms. The van der Waals surface area contributed by atoms with Gasteiger partial charge in [-0.15, -0.1) is 6.42 Å². The predicted octanol–water partition coefficient (Wildman–Crippen LogP) is 3.44. The Morgan fingerprint density at radius 3 is 2.74 bits per heavy atom. The Labute approximate surface area is 157 Å². The second-order valence-electron chi connectivity index (χ2n) is 5.90. The van der Waals surface area contributed by atoms with Crippen molar-refractivity contribution in [2.45, 2.75) is 12.8 Å². The highest BCUT2D eigenvalue weighted by Crippen LogP contribution is 2.45. The third kappa shape index (κ3) is 3.51. The van der Waals surface area contributed by atoms with Gasteiger partial charge in [0.15, 0.2) is 11.5 Å². The molecule has 1 heterocycles. The normalized spacial score (nSPS) is 17.8. The van der Waals surface area contributed by atoms with Crippen LogP contribution in [0.1, 0.15) is 24.0 Å². The van der Waals surface area contributed by atoms with Gasteiger partial charge < -0.3 is 19.3 Å². The second-order valence-corrected chi connectivity index (χ2v) is 5.90. The maximum absolute atomic E-state index is 9.72. The van der Waals surface area contributed by atoms with E-state index in [0.29, 0.717) is 23.9 Å². The average Bonchev–Trinajstić information content (AvgIpc) is 2.66. The monoisotopic (exact) mass is 362 g/mol. The molecule has 0 saturated heterocycles. The van der Waals surface area contributed by atoms with E-state index in [1.165, 1.54) is 12.1 Å². The molecule has 0 saturated carbocycles. The number of nitriles is 1. The maximum atomic E-state index is 9.72. The number of ether oxygens (including phenoxy) is 3. The highest BCUT2D eigenvalue weighted by Gasteiger charge is 2.37. The fourth-order valence-electron chi connectivity index (χ4n) is 3.11. The molecule has 0 fully saturated rings. The van der Waals surface area contributed by atoms with Gasteiger partial charge in [-0.1, -0.05) is 18.1 Å². The van der Waals surface area contributed by atoms with E-state index in [1.807, 2.05) is 13.0 Å². The van der Waals surface area contributed by atoms with E-state index in [9.17, 15) is 10.4 Å². The lowest BCUT2D eigenvalue weighted by Crippen LogP contribution is -2.30. The number of phenols is 1. The van der Waals surface area contributed by atoms with Gasteiger partial charge in [0, 0.05) is 17.5 Å². The van der Waals surface area contributed by atoms with Crippen LogP contribution < -0.4 is 14.2 Å². The SMILES string of the molecule is C#CCOc1ccc(C2c3ccc(O)cc3OC(=N)C2C#N)cc1OCC. The summed E-state index contributed by atoms with van der Waals surface area (Å²) in [5.41, 5.74) is 1.49. The van der Waals surface area contributed by atoms with Crippen LogP contribution in [0.3, 0.4) is 0 Å². The van der Waals surface area contributed by atoms with Crippen LogP contribution in [0.2, 0.25) is 0 Å². The van der Waals surface area contributed by atoms with Gasteiger partial charge in [0.25, 0.3) is 0 Å². The lowest BCUT2D eigenvalue weighted by molar-refractivity contribution is 0.298. The molecule has 0 amide bonds. The van der Waals surface area contributed by atoms with Crippen molar-refractivity contribution < 1.29 is 19.3 Å². The van der Waals surface area contributed by atoms with Crippen molar-refractivity contribution in [2.75, 3.05) is 13.2 Å². The molecule has 6 nitrogen and oxygen atoms in total. The summed E-state index contributed by atoms with van der Waals surface area (Å²) < 4.78 is 16.6. The molecule has 27 heavy (non-hydrogen) atoms. The third-order valence-corrected chi connectivity index (χ3v) is 4.24. The first-order chi connectivity index (χ1) is 13.1. The van der Waals surface area contributed by atoms with Gasteiger partial charge in [-0.05, 0) is 30.7 Å². The minimum absolute atomic E-state index is 0.0312. The van der Waals surface area contributed by atoms with E-state index in [-0.39, 0.29) is 18.3 Å². The quantitative estimate of drug-likeness (QED) is 0.795. The van der Waals surface area contributed by atoms with Crippen LogP contribution >= 0.6 is 0 Å². The first-order valence-electron chi connectivity index (χ1n) is 8.40. The van der Waals surface area contributed by atoms with Crippen molar-refractivity contribution in [2.24, 2.45) is 5.92 Å². The fourth-order valence-corrected chi connectivity index (χ4v) is 3.11. The van der Waals surface area contributed by atoms with Crippen molar-refractivity contribution in [3.8, 4) is 41.4 Å². The number of hydrogen-bond acceptors (Lipinski definition) is 6. The van der Waals surface area contributed by atoms with Gasteiger partial charge in [-0.2, -0.15) is 5.26 Å². The lowest BCUT2D eigenvalue weighted by Gasteiger charge is -2.30. The summed E-state index contributed by atoms with van der Waals surface area (Å²) in [6, 6.07) is 12.2. The first kappa shape index (κ1) is 18.2. The number of nitrogens with one attached hydrogen (secondary N) is 1. The van der Waals surface area contributed by atoms with E-state index >= 15 is 0 Å². The molecule has 3 rings (SSSR count). The molecule has 2 N–H and O–H groups in total. The number of rotatable bonds is 5. The molecule has 0 spiro atoms. The summed E-state index contributed by atoms with van der Waals surface area (Å²) in [6.07, 6.45) is 5.25. The minimum atomic E-state index is -0.797. The average molecular weight is 362 g/mol. The zero-order valence-electron chi connectivity index (χ0n) is 14.7. The Bertz CT molecular complexity index is 956. The number of aromatic hydroxyl groups is 1. The molecular formula is C21H18N2O4. The van der Waals surface area contributed by atoms with Gasteiger partial charge in [-0.3, -0.25) is 5.41 Å². The Hall–Kier alpha value is -3.64. The van der Waals surface area contributed by atoms with Gasteiger partial charge in [0.1, 0.15) is 24.0 Å². The van der Waals surface area contributed by atoms with E-state index in [2.05, 4.69) is 12.0 Å². The summed E-state index contributed by atoms with van der Waals surface area (Å²) in [6.45, 7) is 2.41. The van der Waals surface area contributed by atoms with Crippen LogP contribution in [-0.2, 0) is 0 Å². The molecule has 2 unspecified atom stereocenters. The summed E-state index contributed by atoms with van der Waals surface area (Å²) >= 11 is 0. The summed E-state index contributed by atoms with van der Waals surface area (Å²) in [7, 11) is 0. The van der Waals surface area contributed by atoms with Crippen LogP contribution in [0, 0.1) is 35.0 Å². The second kappa shape index (κ2) is 7.72. The van der Waals surface area contributed by atoms with Gasteiger partial charge in [0.2, 0.25) is 5.90 Å². The van der Waals surface area contributed by atoms with Crippen molar-refractivity contribution in [3.05, 3.63) is 47.5 Å². The molecule has 0 aromatic heterocycles.